The van der Waals surface area contributed by atoms with Crippen molar-refractivity contribution in [1.82, 2.24) is 3.93 Å². The summed E-state index contributed by atoms with van der Waals surface area (Å²) in [5, 5.41) is 0. The fourth-order valence-corrected chi connectivity index (χ4v) is 1.86. The number of rotatable bonds is 1. The largest absolute Gasteiger partial charge is 0.242 e. The van der Waals surface area contributed by atoms with Crippen LogP contribution in [-0.4, -0.2) is 17.0 Å². The molecule has 9 heavy (non-hydrogen) atoms. The standard InChI is InChI=1S/C7H14BrN/c1-6(2)7-3-4-9(8)5-7/h6-7H,3-5H2,1-2H3. The minimum absolute atomic E-state index is 0.854. The number of hydrogen-bond donors (Lipinski definition) is 0. The van der Waals surface area contributed by atoms with Crippen molar-refractivity contribution in [3.05, 3.63) is 0 Å². The van der Waals surface area contributed by atoms with E-state index in [1.165, 1.54) is 19.5 Å². The molecule has 0 aromatic rings. The molecule has 1 aliphatic rings. The molecule has 1 unspecified atom stereocenters. The summed E-state index contributed by atoms with van der Waals surface area (Å²) in [4.78, 5) is 0. The summed E-state index contributed by atoms with van der Waals surface area (Å²) in [6.45, 7) is 7.06. The van der Waals surface area contributed by atoms with Crippen molar-refractivity contribution in [1.29, 1.82) is 0 Å². The van der Waals surface area contributed by atoms with Crippen LogP contribution >= 0.6 is 16.1 Å². The molecule has 1 fully saturated rings. The van der Waals surface area contributed by atoms with Crippen molar-refractivity contribution < 1.29 is 0 Å². The van der Waals surface area contributed by atoms with E-state index in [0.29, 0.717) is 0 Å². The molecule has 0 aliphatic carbocycles. The molecule has 0 radical (unpaired) electrons. The summed E-state index contributed by atoms with van der Waals surface area (Å²) in [5.74, 6) is 1.77. The van der Waals surface area contributed by atoms with E-state index in [0.717, 1.165) is 11.8 Å². The molecule has 0 amide bonds. The summed E-state index contributed by atoms with van der Waals surface area (Å²) in [6.07, 6.45) is 1.36. The highest BCUT2D eigenvalue weighted by molar-refractivity contribution is 9.07. The van der Waals surface area contributed by atoms with Gasteiger partial charge in [0.05, 0.1) is 0 Å². The zero-order valence-corrected chi connectivity index (χ0v) is 7.69. The van der Waals surface area contributed by atoms with Gasteiger partial charge >= 0.3 is 0 Å². The summed E-state index contributed by atoms with van der Waals surface area (Å²) >= 11 is 3.48. The number of nitrogens with zero attached hydrogens (tertiary/aromatic N) is 1. The Morgan fingerprint density at radius 3 is 2.44 bits per heavy atom. The van der Waals surface area contributed by atoms with Gasteiger partial charge in [-0.25, -0.2) is 3.93 Å². The van der Waals surface area contributed by atoms with Gasteiger partial charge in [-0.15, -0.1) is 0 Å². The molecule has 1 heterocycles. The monoisotopic (exact) mass is 191 g/mol. The molecule has 1 atom stereocenters. The second kappa shape index (κ2) is 3.02. The van der Waals surface area contributed by atoms with Crippen LogP contribution in [0.15, 0.2) is 0 Å². The fraction of sp³-hybridized carbons (Fsp3) is 1.00. The lowest BCUT2D eigenvalue weighted by Crippen LogP contribution is -2.11. The van der Waals surface area contributed by atoms with E-state index in [4.69, 9.17) is 0 Å². The van der Waals surface area contributed by atoms with Gasteiger partial charge in [-0.2, -0.15) is 0 Å². The Labute approximate surface area is 65.8 Å². The smallest absolute Gasteiger partial charge is 0.0124 e. The lowest BCUT2D eigenvalue weighted by Gasteiger charge is -2.12. The molecule has 2 heteroatoms. The molecule has 0 spiro atoms. The maximum Gasteiger partial charge on any atom is 0.0124 e. The van der Waals surface area contributed by atoms with Crippen molar-refractivity contribution in [2.24, 2.45) is 11.8 Å². The maximum absolute atomic E-state index is 3.48. The number of halogens is 1. The molecule has 54 valence electrons. The summed E-state index contributed by atoms with van der Waals surface area (Å²) < 4.78 is 2.23. The minimum atomic E-state index is 0.854. The van der Waals surface area contributed by atoms with Gasteiger partial charge in [0.2, 0.25) is 0 Å². The Hall–Kier alpha value is 0.440. The van der Waals surface area contributed by atoms with Gasteiger partial charge < -0.3 is 0 Å². The van der Waals surface area contributed by atoms with Gasteiger partial charge in [-0.1, -0.05) is 13.8 Å². The number of hydrogen-bond acceptors (Lipinski definition) is 1. The zero-order valence-electron chi connectivity index (χ0n) is 6.10. The summed E-state index contributed by atoms with van der Waals surface area (Å²) in [6, 6.07) is 0. The first kappa shape index (κ1) is 7.55. The third kappa shape index (κ3) is 1.94. The molecule has 0 aromatic carbocycles. The topological polar surface area (TPSA) is 3.24 Å². The van der Waals surface area contributed by atoms with E-state index in [2.05, 4.69) is 33.9 Å². The third-order valence-corrected chi connectivity index (χ3v) is 2.76. The maximum atomic E-state index is 3.48. The van der Waals surface area contributed by atoms with Gasteiger partial charge in [0.1, 0.15) is 0 Å². The molecule has 1 nitrogen and oxygen atoms in total. The van der Waals surface area contributed by atoms with E-state index in [1.54, 1.807) is 0 Å². The Morgan fingerprint density at radius 1 is 1.56 bits per heavy atom. The Bertz CT molecular complexity index is 92.9. The molecular formula is C7H14BrN. The minimum Gasteiger partial charge on any atom is -0.242 e. The quantitative estimate of drug-likeness (QED) is 0.576. The average molecular weight is 192 g/mol. The van der Waals surface area contributed by atoms with Gasteiger partial charge in [0.25, 0.3) is 0 Å². The van der Waals surface area contributed by atoms with Crippen LogP contribution in [0.5, 0.6) is 0 Å². The SMILES string of the molecule is CC(C)C1CCN(Br)C1. The first-order valence-electron chi connectivity index (χ1n) is 3.61. The second-order valence-corrected chi connectivity index (χ2v) is 4.16. The molecular weight excluding hydrogens is 178 g/mol. The Kier molecular flexibility index (Phi) is 2.53. The molecule has 0 bridgehead atoms. The lowest BCUT2D eigenvalue weighted by atomic mass is 9.96. The van der Waals surface area contributed by atoms with Gasteiger partial charge in [-0.3, -0.25) is 0 Å². The fourth-order valence-electron chi connectivity index (χ4n) is 1.29. The van der Waals surface area contributed by atoms with E-state index in [-0.39, 0.29) is 0 Å². The molecule has 0 saturated carbocycles. The summed E-state index contributed by atoms with van der Waals surface area (Å²) in [7, 11) is 0. The molecule has 1 aliphatic heterocycles. The van der Waals surface area contributed by atoms with Gasteiger partial charge in [0.15, 0.2) is 0 Å². The van der Waals surface area contributed by atoms with Crippen LogP contribution in [0.2, 0.25) is 0 Å². The van der Waals surface area contributed by atoms with Crippen LogP contribution < -0.4 is 0 Å². The normalized spacial score (nSPS) is 30.0. The summed E-state index contributed by atoms with van der Waals surface area (Å²) in [5.41, 5.74) is 0. The molecule has 0 N–H and O–H groups in total. The van der Waals surface area contributed by atoms with Crippen molar-refractivity contribution in [2.45, 2.75) is 20.3 Å². The van der Waals surface area contributed by atoms with Crippen molar-refractivity contribution in [3.63, 3.8) is 0 Å². The lowest BCUT2D eigenvalue weighted by molar-refractivity contribution is 0.403. The molecule has 1 saturated heterocycles. The van der Waals surface area contributed by atoms with Crippen molar-refractivity contribution >= 4 is 16.1 Å². The van der Waals surface area contributed by atoms with Gasteiger partial charge in [-0.05, 0) is 18.3 Å². The van der Waals surface area contributed by atoms with Crippen LogP contribution in [0.4, 0.5) is 0 Å². The third-order valence-electron chi connectivity index (χ3n) is 2.12. The predicted octanol–water partition coefficient (Wildman–Crippen LogP) is 2.27. The Balaban J connectivity index is 2.30. The highest BCUT2D eigenvalue weighted by Gasteiger charge is 2.22. The molecule has 1 rings (SSSR count). The average Bonchev–Trinajstić information content (AvgIpc) is 2.14. The van der Waals surface area contributed by atoms with Crippen molar-refractivity contribution in [2.75, 3.05) is 13.1 Å². The van der Waals surface area contributed by atoms with Crippen LogP contribution in [0, 0.1) is 11.8 Å². The van der Waals surface area contributed by atoms with Crippen LogP contribution in [0.3, 0.4) is 0 Å². The van der Waals surface area contributed by atoms with Crippen LogP contribution in [0.25, 0.3) is 0 Å². The van der Waals surface area contributed by atoms with E-state index in [1.807, 2.05) is 0 Å². The van der Waals surface area contributed by atoms with Crippen LogP contribution in [0.1, 0.15) is 20.3 Å². The van der Waals surface area contributed by atoms with E-state index < -0.39 is 0 Å². The highest BCUT2D eigenvalue weighted by atomic mass is 79.9. The first-order chi connectivity index (χ1) is 4.20. The molecule has 0 aromatic heterocycles. The predicted molar refractivity (Wildman–Crippen MR) is 43.4 cm³/mol. The second-order valence-electron chi connectivity index (χ2n) is 3.16. The van der Waals surface area contributed by atoms with Gasteiger partial charge in [0, 0.05) is 29.2 Å². The first-order valence-corrected chi connectivity index (χ1v) is 4.32. The zero-order chi connectivity index (χ0) is 6.85. The van der Waals surface area contributed by atoms with E-state index >= 15 is 0 Å². The van der Waals surface area contributed by atoms with E-state index in [9.17, 15) is 0 Å². The van der Waals surface area contributed by atoms with Crippen LogP contribution in [-0.2, 0) is 0 Å². The van der Waals surface area contributed by atoms with Crippen molar-refractivity contribution in [3.8, 4) is 0 Å². The Morgan fingerprint density at radius 2 is 2.22 bits per heavy atom. The highest BCUT2D eigenvalue weighted by Crippen LogP contribution is 2.25.